The molecule has 0 spiro atoms. The summed E-state index contributed by atoms with van der Waals surface area (Å²) in [5.41, 5.74) is -1.88. The Kier molecular flexibility index (Phi) is 3.15. The average molecular weight is 272 g/mol. The minimum absolute atomic E-state index is 0.327. The summed E-state index contributed by atoms with van der Waals surface area (Å²) in [5.74, 6) is -11.3. The Labute approximate surface area is 92.4 Å². The summed E-state index contributed by atoms with van der Waals surface area (Å²) in [6.07, 6.45) is 0.327. The summed E-state index contributed by atoms with van der Waals surface area (Å²) in [4.78, 5) is 8.51. The average Bonchev–Trinajstić information content (AvgIpc) is 2.12. The Hall–Kier alpha value is -1.64. The van der Waals surface area contributed by atoms with Gasteiger partial charge in [0.05, 0.1) is 0 Å². The van der Waals surface area contributed by atoms with Crippen LogP contribution in [-0.4, -0.2) is 25.7 Å². The Morgan fingerprint density at radius 3 is 1.59 bits per heavy atom. The number of carboxylic acids is 1. The quantitative estimate of drug-likeness (QED) is 0.651. The third-order valence-electron chi connectivity index (χ3n) is 1.81. The summed E-state index contributed by atoms with van der Waals surface area (Å²) < 4.78 is 74.2. The Morgan fingerprint density at radius 1 is 1.00 bits per heavy atom. The van der Waals surface area contributed by atoms with Gasteiger partial charge in [-0.3, -0.25) is 0 Å². The van der Waals surface area contributed by atoms with Crippen molar-refractivity contribution < 1.29 is 35.9 Å². The molecule has 1 aromatic rings. The normalized spacial score (nSPS) is 11.6. The predicted octanol–water partition coefficient (Wildman–Crippen LogP) is 1.34. The summed E-state index contributed by atoms with van der Waals surface area (Å²) in [6, 6.07) is 0. The first-order chi connectivity index (χ1) is 7.59. The van der Waals surface area contributed by atoms with Crippen molar-refractivity contribution in [3.63, 3.8) is 0 Å². The van der Waals surface area contributed by atoms with Crippen molar-refractivity contribution in [2.45, 2.75) is 4.90 Å². The highest BCUT2D eigenvalue weighted by molar-refractivity contribution is 7.90. The van der Waals surface area contributed by atoms with Crippen molar-refractivity contribution in [1.82, 2.24) is 0 Å². The van der Waals surface area contributed by atoms with E-state index < -0.39 is 49.5 Å². The van der Waals surface area contributed by atoms with Crippen LogP contribution in [0.2, 0.25) is 0 Å². The van der Waals surface area contributed by atoms with Gasteiger partial charge in [-0.2, -0.15) is 0 Å². The van der Waals surface area contributed by atoms with Crippen LogP contribution in [-0.2, 0) is 9.84 Å². The smallest absolute Gasteiger partial charge is 0.341 e. The molecule has 0 saturated carbocycles. The fourth-order valence-electron chi connectivity index (χ4n) is 1.12. The molecule has 9 heteroatoms. The lowest BCUT2D eigenvalue weighted by Crippen LogP contribution is -2.15. The minimum atomic E-state index is -4.57. The van der Waals surface area contributed by atoms with E-state index in [1.807, 2.05) is 0 Å². The molecule has 0 radical (unpaired) electrons. The van der Waals surface area contributed by atoms with Crippen molar-refractivity contribution >= 4 is 15.8 Å². The predicted molar refractivity (Wildman–Crippen MR) is 46.3 cm³/mol. The van der Waals surface area contributed by atoms with Crippen LogP contribution in [0.4, 0.5) is 17.6 Å². The first kappa shape index (κ1) is 13.4. The van der Waals surface area contributed by atoms with Crippen LogP contribution < -0.4 is 0 Å². The molecule has 0 atom stereocenters. The van der Waals surface area contributed by atoms with E-state index in [0.717, 1.165) is 0 Å². The van der Waals surface area contributed by atoms with Gasteiger partial charge in [-0.15, -0.1) is 0 Å². The topological polar surface area (TPSA) is 71.4 Å². The Bertz CT molecular complexity index is 579. The van der Waals surface area contributed by atoms with Crippen molar-refractivity contribution in [1.29, 1.82) is 0 Å². The molecule has 0 unspecified atom stereocenters. The fraction of sp³-hybridized carbons (Fsp3) is 0.125. The number of sulfone groups is 1. The Morgan fingerprint density at radius 2 is 1.35 bits per heavy atom. The van der Waals surface area contributed by atoms with E-state index in [1.165, 1.54) is 0 Å². The van der Waals surface area contributed by atoms with E-state index in [-0.39, 0.29) is 0 Å². The molecule has 4 nitrogen and oxygen atoms in total. The first-order valence-corrected chi connectivity index (χ1v) is 5.77. The van der Waals surface area contributed by atoms with Crippen LogP contribution in [0.3, 0.4) is 0 Å². The zero-order valence-electron chi connectivity index (χ0n) is 8.09. The largest absolute Gasteiger partial charge is 0.477 e. The molecule has 0 aliphatic rings. The molecule has 0 amide bonds. The standard InChI is InChI=1S/C8H4F4O4S/c1-17(15,16)7-5(11)3(9)2(8(13)14)4(10)6(7)12/h1H3,(H,13,14). The van der Waals surface area contributed by atoms with Crippen molar-refractivity contribution in [3.8, 4) is 0 Å². The first-order valence-electron chi connectivity index (χ1n) is 3.88. The molecule has 0 aliphatic heterocycles. The van der Waals surface area contributed by atoms with E-state index in [4.69, 9.17) is 5.11 Å². The van der Waals surface area contributed by atoms with Crippen LogP contribution in [0.25, 0.3) is 0 Å². The number of hydrogen-bond donors (Lipinski definition) is 1. The van der Waals surface area contributed by atoms with Crippen molar-refractivity contribution in [3.05, 3.63) is 28.8 Å². The molecule has 0 fully saturated rings. The molecule has 0 aromatic heterocycles. The van der Waals surface area contributed by atoms with E-state index in [2.05, 4.69) is 0 Å². The van der Waals surface area contributed by atoms with Gasteiger partial charge in [-0.25, -0.2) is 30.8 Å². The molecule has 94 valence electrons. The molecule has 0 aliphatic carbocycles. The lowest BCUT2D eigenvalue weighted by atomic mass is 10.2. The molecule has 1 rings (SSSR count). The molecule has 1 aromatic carbocycles. The number of carbonyl (C=O) groups is 1. The zero-order chi connectivity index (χ0) is 13.5. The molecule has 1 N–H and O–H groups in total. The van der Waals surface area contributed by atoms with E-state index in [0.29, 0.717) is 6.26 Å². The molecular formula is C8H4F4O4S. The minimum Gasteiger partial charge on any atom is -0.477 e. The number of halogens is 4. The Balaban J connectivity index is 3.91. The zero-order valence-corrected chi connectivity index (χ0v) is 8.91. The van der Waals surface area contributed by atoms with Gasteiger partial charge in [0.2, 0.25) is 0 Å². The van der Waals surface area contributed by atoms with Gasteiger partial charge in [0.1, 0.15) is 10.5 Å². The molecule has 0 heterocycles. The van der Waals surface area contributed by atoms with Gasteiger partial charge >= 0.3 is 5.97 Å². The van der Waals surface area contributed by atoms with Crippen LogP contribution >= 0.6 is 0 Å². The lowest BCUT2D eigenvalue weighted by Gasteiger charge is -2.07. The maximum Gasteiger partial charge on any atom is 0.341 e. The van der Waals surface area contributed by atoms with Crippen LogP contribution in [0, 0.1) is 23.3 Å². The third kappa shape index (κ3) is 2.09. The van der Waals surface area contributed by atoms with Crippen molar-refractivity contribution in [2.24, 2.45) is 0 Å². The summed E-state index contributed by atoms with van der Waals surface area (Å²) in [7, 11) is -4.57. The second-order valence-electron chi connectivity index (χ2n) is 3.04. The number of carboxylic acid groups (broad SMARTS) is 1. The highest BCUT2D eigenvalue weighted by Gasteiger charge is 2.33. The van der Waals surface area contributed by atoms with Gasteiger partial charge in [-0.1, -0.05) is 0 Å². The number of rotatable bonds is 2. The van der Waals surface area contributed by atoms with E-state index >= 15 is 0 Å². The van der Waals surface area contributed by atoms with Gasteiger partial charge < -0.3 is 5.11 Å². The summed E-state index contributed by atoms with van der Waals surface area (Å²) in [6.45, 7) is 0. The van der Waals surface area contributed by atoms with Gasteiger partial charge in [0.25, 0.3) is 0 Å². The molecule has 0 bridgehead atoms. The number of benzene rings is 1. The second kappa shape index (κ2) is 3.99. The SMILES string of the molecule is CS(=O)(=O)c1c(F)c(F)c(C(=O)O)c(F)c1F. The number of aromatic carboxylic acids is 1. The van der Waals surface area contributed by atoms with Crippen LogP contribution in [0.15, 0.2) is 4.90 Å². The summed E-state index contributed by atoms with van der Waals surface area (Å²) in [5, 5.41) is 8.33. The maximum absolute atomic E-state index is 13.1. The fourth-order valence-corrected chi connectivity index (χ4v) is 1.96. The summed E-state index contributed by atoms with van der Waals surface area (Å²) >= 11 is 0. The van der Waals surface area contributed by atoms with E-state index in [1.54, 1.807) is 0 Å². The van der Waals surface area contributed by atoms with Crippen LogP contribution in [0.1, 0.15) is 10.4 Å². The third-order valence-corrected chi connectivity index (χ3v) is 2.91. The van der Waals surface area contributed by atoms with Gasteiger partial charge in [0, 0.05) is 6.26 Å². The molecule has 17 heavy (non-hydrogen) atoms. The molecule has 0 saturated heterocycles. The van der Waals surface area contributed by atoms with Crippen LogP contribution in [0.5, 0.6) is 0 Å². The van der Waals surface area contributed by atoms with Gasteiger partial charge in [0.15, 0.2) is 33.1 Å². The highest BCUT2D eigenvalue weighted by Crippen LogP contribution is 2.27. The monoisotopic (exact) mass is 272 g/mol. The van der Waals surface area contributed by atoms with Gasteiger partial charge in [-0.05, 0) is 0 Å². The lowest BCUT2D eigenvalue weighted by molar-refractivity contribution is 0.0682. The number of hydrogen-bond acceptors (Lipinski definition) is 3. The highest BCUT2D eigenvalue weighted by atomic mass is 32.2. The van der Waals surface area contributed by atoms with E-state index in [9.17, 15) is 30.8 Å². The molecular weight excluding hydrogens is 268 g/mol. The second-order valence-corrected chi connectivity index (χ2v) is 4.99. The maximum atomic E-state index is 13.1. The van der Waals surface area contributed by atoms with Crippen molar-refractivity contribution in [2.75, 3.05) is 6.26 Å².